The Morgan fingerprint density at radius 1 is 1.35 bits per heavy atom. The predicted molar refractivity (Wildman–Crippen MR) is 59.8 cm³/mol. The van der Waals surface area contributed by atoms with Crippen molar-refractivity contribution >= 4 is 0 Å². The Bertz CT molecular complexity index is 227. The van der Waals surface area contributed by atoms with Crippen LogP contribution in [0.1, 0.15) is 12.8 Å². The number of hydrogen-bond acceptors (Lipinski definition) is 3. The minimum absolute atomic E-state index is 0.337. The van der Waals surface area contributed by atoms with Crippen molar-refractivity contribution in [1.29, 1.82) is 0 Å². The Morgan fingerprint density at radius 2 is 1.88 bits per heavy atom. The summed E-state index contributed by atoms with van der Waals surface area (Å²) in [7, 11) is 3.68. The molecule has 0 spiro atoms. The van der Waals surface area contributed by atoms with Gasteiger partial charge in [-0.05, 0) is 45.9 Å². The predicted octanol–water partition coefficient (Wildman–Crippen LogP) is 1.18. The summed E-state index contributed by atoms with van der Waals surface area (Å²) in [6.07, 6.45) is -4.72. The number of nitrogens with zero attached hydrogens (tertiary/aromatic N) is 2. The quantitative estimate of drug-likeness (QED) is 0.816. The molecule has 0 bridgehead atoms. The molecule has 1 aliphatic heterocycles. The van der Waals surface area contributed by atoms with E-state index in [1.807, 2.05) is 7.05 Å². The standard InChI is InChI=1S/C11H21F3N2O/c1-15-5-3-9(4-6-15)7-16(2)8-10(17)11(12,13)14/h9-10,17H,3-8H2,1-2H3. The molecule has 0 aromatic heterocycles. The van der Waals surface area contributed by atoms with Crippen molar-refractivity contribution < 1.29 is 18.3 Å². The third-order valence-electron chi connectivity index (χ3n) is 3.27. The highest BCUT2D eigenvalue weighted by molar-refractivity contribution is 4.75. The maximum Gasteiger partial charge on any atom is 0.415 e. The van der Waals surface area contributed by atoms with E-state index in [4.69, 9.17) is 5.11 Å². The summed E-state index contributed by atoms with van der Waals surface area (Å²) in [4.78, 5) is 3.80. The molecule has 3 nitrogen and oxygen atoms in total. The summed E-state index contributed by atoms with van der Waals surface area (Å²) < 4.78 is 36.5. The topological polar surface area (TPSA) is 26.7 Å². The largest absolute Gasteiger partial charge is 0.415 e. The molecule has 1 aliphatic rings. The molecule has 1 fully saturated rings. The Hall–Kier alpha value is -0.330. The van der Waals surface area contributed by atoms with Crippen molar-refractivity contribution in [2.24, 2.45) is 5.92 Å². The van der Waals surface area contributed by atoms with Crippen LogP contribution in [0.3, 0.4) is 0 Å². The van der Waals surface area contributed by atoms with E-state index in [-0.39, 0.29) is 6.54 Å². The van der Waals surface area contributed by atoms with Gasteiger partial charge in [0, 0.05) is 13.1 Å². The fraction of sp³-hybridized carbons (Fsp3) is 1.00. The number of halogens is 3. The molecule has 1 N–H and O–H groups in total. The summed E-state index contributed by atoms with van der Waals surface area (Å²) >= 11 is 0. The average molecular weight is 254 g/mol. The number of likely N-dealkylation sites (N-methyl/N-ethyl adjacent to an activating group) is 1. The summed E-state index contributed by atoms with van der Waals surface area (Å²) in [5, 5.41) is 8.95. The molecule has 17 heavy (non-hydrogen) atoms. The van der Waals surface area contributed by atoms with Crippen molar-refractivity contribution in [3.05, 3.63) is 0 Å². The number of alkyl halides is 3. The molecule has 0 aromatic carbocycles. The van der Waals surface area contributed by atoms with E-state index in [2.05, 4.69) is 4.90 Å². The maximum absolute atomic E-state index is 12.2. The maximum atomic E-state index is 12.2. The minimum Gasteiger partial charge on any atom is -0.382 e. The lowest BCUT2D eigenvalue weighted by atomic mass is 9.96. The van der Waals surface area contributed by atoms with Gasteiger partial charge in [-0.2, -0.15) is 13.2 Å². The first-order chi connectivity index (χ1) is 7.79. The van der Waals surface area contributed by atoms with Crippen LogP contribution < -0.4 is 0 Å². The van der Waals surface area contributed by atoms with Gasteiger partial charge in [0.15, 0.2) is 6.10 Å². The third kappa shape index (κ3) is 5.23. The lowest BCUT2D eigenvalue weighted by Crippen LogP contribution is -2.42. The molecule has 6 heteroatoms. The first kappa shape index (κ1) is 14.7. The van der Waals surface area contributed by atoms with Crippen LogP contribution in [0.4, 0.5) is 13.2 Å². The van der Waals surface area contributed by atoms with E-state index in [9.17, 15) is 13.2 Å². The second-order valence-electron chi connectivity index (χ2n) is 5.03. The van der Waals surface area contributed by atoms with E-state index in [1.54, 1.807) is 11.9 Å². The highest BCUT2D eigenvalue weighted by atomic mass is 19.4. The van der Waals surface area contributed by atoms with Gasteiger partial charge in [0.05, 0.1) is 0 Å². The molecular weight excluding hydrogens is 233 g/mol. The highest BCUT2D eigenvalue weighted by Gasteiger charge is 2.38. The van der Waals surface area contributed by atoms with Crippen LogP contribution in [0.2, 0.25) is 0 Å². The zero-order chi connectivity index (χ0) is 13.1. The average Bonchev–Trinajstić information content (AvgIpc) is 2.20. The molecule has 0 saturated carbocycles. The number of hydrogen-bond donors (Lipinski definition) is 1. The third-order valence-corrected chi connectivity index (χ3v) is 3.27. The van der Waals surface area contributed by atoms with Crippen LogP contribution in [-0.2, 0) is 0 Å². The number of likely N-dealkylation sites (tertiary alicyclic amines) is 1. The number of aliphatic hydroxyl groups is 1. The molecule has 102 valence electrons. The number of rotatable bonds is 4. The number of piperidine rings is 1. The second kappa shape index (κ2) is 6.02. The lowest BCUT2D eigenvalue weighted by Gasteiger charge is -2.32. The van der Waals surface area contributed by atoms with Gasteiger partial charge < -0.3 is 14.9 Å². The van der Waals surface area contributed by atoms with E-state index in [0.29, 0.717) is 12.5 Å². The summed E-state index contributed by atoms with van der Waals surface area (Å²) in [5.41, 5.74) is 0. The second-order valence-corrected chi connectivity index (χ2v) is 5.03. The van der Waals surface area contributed by atoms with Gasteiger partial charge in [-0.15, -0.1) is 0 Å². The molecule has 0 aromatic rings. The zero-order valence-electron chi connectivity index (χ0n) is 10.4. The van der Waals surface area contributed by atoms with Crippen molar-refractivity contribution in [3.63, 3.8) is 0 Å². The smallest absolute Gasteiger partial charge is 0.382 e. The van der Waals surface area contributed by atoms with E-state index in [0.717, 1.165) is 25.9 Å². The minimum atomic E-state index is -4.51. The van der Waals surface area contributed by atoms with Crippen molar-refractivity contribution in [2.45, 2.75) is 25.1 Å². The van der Waals surface area contributed by atoms with Crippen molar-refractivity contribution in [1.82, 2.24) is 9.80 Å². The molecule has 1 heterocycles. The Balaban J connectivity index is 2.27. The molecule has 0 amide bonds. The summed E-state index contributed by atoms with van der Waals surface area (Å²) in [6, 6.07) is 0. The van der Waals surface area contributed by atoms with E-state index < -0.39 is 12.3 Å². The number of aliphatic hydroxyl groups excluding tert-OH is 1. The first-order valence-electron chi connectivity index (χ1n) is 5.91. The van der Waals surface area contributed by atoms with Gasteiger partial charge in [-0.25, -0.2) is 0 Å². The lowest BCUT2D eigenvalue weighted by molar-refractivity contribution is -0.207. The van der Waals surface area contributed by atoms with Crippen LogP contribution in [0.5, 0.6) is 0 Å². The molecule has 0 aliphatic carbocycles. The molecule has 1 unspecified atom stereocenters. The Morgan fingerprint density at radius 3 is 2.35 bits per heavy atom. The van der Waals surface area contributed by atoms with Crippen molar-refractivity contribution in [3.8, 4) is 0 Å². The Kier molecular flexibility index (Phi) is 5.22. The van der Waals surface area contributed by atoms with Crippen LogP contribution >= 0.6 is 0 Å². The monoisotopic (exact) mass is 254 g/mol. The van der Waals surface area contributed by atoms with Gasteiger partial charge in [-0.1, -0.05) is 0 Å². The van der Waals surface area contributed by atoms with Crippen LogP contribution in [0.25, 0.3) is 0 Å². The van der Waals surface area contributed by atoms with Gasteiger partial charge in [-0.3, -0.25) is 0 Å². The summed E-state index contributed by atoms with van der Waals surface area (Å²) in [6.45, 7) is 2.29. The van der Waals surface area contributed by atoms with E-state index >= 15 is 0 Å². The fourth-order valence-electron chi connectivity index (χ4n) is 2.16. The van der Waals surface area contributed by atoms with E-state index in [1.165, 1.54) is 0 Å². The highest BCUT2D eigenvalue weighted by Crippen LogP contribution is 2.22. The van der Waals surface area contributed by atoms with Crippen LogP contribution in [0.15, 0.2) is 0 Å². The van der Waals surface area contributed by atoms with Crippen LogP contribution in [0, 0.1) is 5.92 Å². The van der Waals surface area contributed by atoms with Gasteiger partial charge in [0.1, 0.15) is 0 Å². The molecule has 0 radical (unpaired) electrons. The molecule has 1 rings (SSSR count). The first-order valence-corrected chi connectivity index (χ1v) is 5.91. The Labute approximate surface area is 100 Å². The fourth-order valence-corrected chi connectivity index (χ4v) is 2.16. The zero-order valence-corrected chi connectivity index (χ0v) is 10.4. The molecule has 1 atom stereocenters. The summed E-state index contributed by atoms with van der Waals surface area (Å²) in [5.74, 6) is 0.441. The van der Waals surface area contributed by atoms with Gasteiger partial charge in [0.2, 0.25) is 0 Å². The van der Waals surface area contributed by atoms with Gasteiger partial charge >= 0.3 is 6.18 Å². The normalized spacial score (nSPS) is 22.1. The SMILES string of the molecule is CN1CCC(CN(C)CC(O)C(F)(F)F)CC1. The molecule has 1 saturated heterocycles. The van der Waals surface area contributed by atoms with Crippen molar-refractivity contribution in [2.75, 3.05) is 40.3 Å². The molecular formula is C11H21F3N2O. The van der Waals surface area contributed by atoms with Gasteiger partial charge in [0.25, 0.3) is 0 Å². The van der Waals surface area contributed by atoms with Crippen LogP contribution in [-0.4, -0.2) is 67.5 Å².